The number of hydrogen-bond acceptors (Lipinski definition) is 4. The lowest BCUT2D eigenvalue weighted by Gasteiger charge is -2.17. The van der Waals surface area contributed by atoms with Crippen molar-refractivity contribution in [2.45, 2.75) is 19.4 Å². The molecule has 0 saturated heterocycles. The normalized spacial score (nSPS) is 11.7. The van der Waals surface area contributed by atoms with E-state index in [1.54, 1.807) is 7.11 Å². The number of ether oxygens (including phenoxy) is 1. The van der Waals surface area contributed by atoms with Crippen LogP contribution in [0.15, 0.2) is 42.9 Å². The van der Waals surface area contributed by atoms with E-state index in [0.29, 0.717) is 5.69 Å². The van der Waals surface area contributed by atoms with E-state index in [-0.39, 0.29) is 11.9 Å². The minimum absolute atomic E-state index is 0.0598. The van der Waals surface area contributed by atoms with Crippen LogP contribution < -0.4 is 10.1 Å². The first-order chi connectivity index (χ1) is 9.74. The summed E-state index contributed by atoms with van der Waals surface area (Å²) >= 11 is 0. The van der Waals surface area contributed by atoms with Crippen LogP contribution in [0.25, 0.3) is 0 Å². The molecule has 0 radical (unpaired) electrons. The molecule has 0 fully saturated rings. The van der Waals surface area contributed by atoms with Gasteiger partial charge >= 0.3 is 0 Å². The van der Waals surface area contributed by atoms with Gasteiger partial charge < -0.3 is 10.1 Å². The molecule has 20 heavy (non-hydrogen) atoms. The molecule has 104 valence electrons. The van der Waals surface area contributed by atoms with Crippen LogP contribution in [0.4, 0.5) is 0 Å². The van der Waals surface area contributed by atoms with Crippen molar-refractivity contribution in [2.24, 2.45) is 0 Å². The van der Waals surface area contributed by atoms with Gasteiger partial charge in [-0.15, -0.1) is 0 Å². The minimum atomic E-state index is -0.222. The maximum atomic E-state index is 12.1. The highest BCUT2D eigenvalue weighted by Crippen LogP contribution is 2.20. The quantitative estimate of drug-likeness (QED) is 0.906. The fraction of sp³-hybridized carbons (Fsp3) is 0.267. The summed E-state index contributed by atoms with van der Waals surface area (Å²) in [6.07, 6.45) is 5.29. The Morgan fingerprint density at radius 2 is 2.05 bits per heavy atom. The highest BCUT2D eigenvalue weighted by molar-refractivity contribution is 5.92. The molecule has 0 saturated carbocycles. The molecule has 0 aliphatic carbocycles. The first kappa shape index (κ1) is 14.0. The Bertz CT molecular complexity index is 555. The molecule has 0 spiro atoms. The second-order valence-corrected chi connectivity index (χ2v) is 4.30. The van der Waals surface area contributed by atoms with Crippen molar-refractivity contribution in [1.29, 1.82) is 0 Å². The summed E-state index contributed by atoms with van der Waals surface area (Å²) in [5.41, 5.74) is 1.35. The molecule has 1 atom stereocenters. The van der Waals surface area contributed by atoms with Crippen LogP contribution in [0.3, 0.4) is 0 Å². The number of rotatable bonds is 5. The van der Waals surface area contributed by atoms with Crippen LogP contribution >= 0.6 is 0 Å². The van der Waals surface area contributed by atoms with Crippen LogP contribution in [0.5, 0.6) is 5.75 Å². The molecule has 0 aliphatic rings. The molecule has 1 amide bonds. The second kappa shape index (κ2) is 6.65. The van der Waals surface area contributed by atoms with E-state index in [9.17, 15) is 4.79 Å². The average molecular weight is 271 g/mol. The van der Waals surface area contributed by atoms with E-state index >= 15 is 0 Å². The van der Waals surface area contributed by atoms with Gasteiger partial charge in [-0.3, -0.25) is 9.78 Å². The number of amides is 1. The third-order valence-corrected chi connectivity index (χ3v) is 3.03. The van der Waals surface area contributed by atoms with E-state index < -0.39 is 0 Å². The molecule has 2 rings (SSSR count). The van der Waals surface area contributed by atoms with Gasteiger partial charge in [0, 0.05) is 12.4 Å². The fourth-order valence-electron chi connectivity index (χ4n) is 1.91. The Hall–Kier alpha value is -2.43. The fourth-order valence-corrected chi connectivity index (χ4v) is 1.91. The standard InChI is InChI=1S/C15H17N3O2/c1-3-13(11-4-6-12(20-2)7-5-11)18-15(19)14-10-16-8-9-17-14/h4-10,13H,3H2,1-2H3,(H,18,19)/t13-/m1/s1. The van der Waals surface area contributed by atoms with Gasteiger partial charge in [-0.2, -0.15) is 0 Å². The van der Waals surface area contributed by atoms with Gasteiger partial charge in [-0.1, -0.05) is 19.1 Å². The van der Waals surface area contributed by atoms with Crippen molar-refractivity contribution in [1.82, 2.24) is 15.3 Å². The second-order valence-electron chi connectivity index (χ2n) is 4.30. The number of nitrogens with one attached hydrogen (secondary N) is 1. The maximum Gasteiger partial charge on any atom is 0.271 e. The van der Waals surface area contributed by atoms with Gasteiger partial charge in [-0.25, -0.2) is 4.98 Å². The molecular weight excluding hydrogens is 254 g/mol. The molecule has 0 bridgehead atoms. The third-order valence-electron chi connectivity index (χ3n) is 3.03. The molecule has 1 aromatic heterocycles. The monoisotopic (exact) mass is 271 g/mol. The van der Waals surface area contributed by atoms with Crippen LogP contribution in [0, 0.1) is 0 Å². The molecule has 5 heteroatoms. The maximum absolute atomic E-state index is 12.1. The Kier molecular flexibility index (Phi) is 4.65. The number of carbonyl (C=O) groups is 1. The summed E-state index contributed by atoms with van der Waals surface area (Å²) < 4.78 is 5.13. The Morgan fingerprint density at radius 3 is 2.60 bits per heavy atom. The predicted octanol–water partition coefficient (Wildman–Crippen LogP) is 2.37. The Morgan fingerprint density at radius 1 is 1.30 bits per heavy atom. The lowest BCUT2D eigenvalue weighted by molar-refractivity contribution is 0.0930. The summed E-state index contributed by atoms with van der Waals surface area (Å²) in [7, 11) is 1.63. The number of benzene rings is 1. The third kappa shape index (κ3) is 3.32. The summed E-state index contributed by atoms with van der Waals surface area (Å²) in [5.74, 6) is 0.574. The Labute approximate surface area is 118 Å². The number of hydrogen-bond donors (Lipinski definition) is 1. The van der Waals surface area contributed by atoms with Crippen LogP contribution in [0.1, 0.15) is 35.4 Å². The average Bonchev–Trinajstić information content (AvgIpc) is 2.53. The zero-order valence-electron chi connectivity index (χ0n) is 11.5. The van der Waals surface area contributed by atoms with Gasteiger partial charge in [-0.05, 0) is 24.1 Å². The summed E-state index contributed by atoms with van der Waals surface area (Å²) in [6, 6.07) is 7.60. The molecule has 5 nitrogen and oxygen atoms in total. The molecule has 0 aliphatic heterocycles. The molecule has 1 N–H and O–H groups in total. The lowest BCUT2D eigenvalue weighted by atomic mass is 10.0. The van der Waals surface area contributed by atoms with Gasteiger partial charge in [0.1, 0.15) is 11.4 Å². The number of carbonyl (C=O) groups excluding carboxylic acids is 1. The van der Waals surface area contributed by atoms with E-state index in [0.717, 1.165) is 17.7 Å². The number of aromatic nitrogens is 2. The summed E-state index contributed by atoms with van der Waals surface area (Å²) in [6.45, 7) is 2.02. The lowest BCUT2D eigenvalue weighted by Crippen LogP contribution is -2.28. The first-order valence-corrected chi connectivity index (χ1v) is 6.45. The van der Waals surface area contributed by atoms with Crippen molar-refractivity contribution in [2.75, 3.05) is 7.11 Å². The van der Waals surface area contributed by atoms with Crippen molar-refractivity contribution in [3.8, 4) is 5.75 Å². The SMILES string of the molecule is CC[C@@H](NC(=O)c1cnccn1)c1ccc(OC)cc1. The molecule has 0 unspecified atom stereocenters. The van der Waals surface area contributed by atoms with E-state index in [2.05, 4.69) is 15.3 Å². The van der Waals surface area contributed by atoms with Crippen molar-refractivity contribution < 1.29 is 9.53 Å². The van der Waals surface area contributed by atoms with Gasteiger partial charge in [0.25, 0.3) is 5.91 Å². The van der Waals surface area contributed by atoms with Crippen LogP contribution in [0.2, 0.25) is 0 Å². The smallest absolute Gasteiger partial charge is 0.271 e. The van der Waals surface area contributed by atoms with Crippen molar-refractivity contribution >= 4 is 5.91 Å². The number of nitrogens with zero attached hydrogens (tertiary/aromatic N) is 2. The van der Waals surface area contributed by atoms with E-state index in [1.165, 1.54) is 18.6 Å². The topological polar surface area (TPSA) is 64.1 Å². The molecule has 1 aromatic carbocycles. The summed E-state index contributed by atoms with van der Waals surface area (Å²) in [4.78, 5) is 20.0. The zero-order valence-corrected chi connectivity index (χ0v) is 11.5. The number of methoxy groups -OCH3 is 1. The van der Waals surface area contributed by atoms with Gasteiger partial charge in [0.05, 0.1) is 19.3 Å². The molecule has 1 heterocycles. The molecular formula is C15H17N3O2. The Balaban J connectivity index is 2.10. The first-order valence-electron chi connectivity index (χ1n) is 6.45. The van der Waals surface area contributed by atoms with Gasteiger partial charge in [0.15, 0.2) is 0 Å². The zero-order chi connectivity index (χ0) is 14.4. The largest absolute Gasteiger partial charge is 0.497 e. The van der Waals surface area contributed by atoms with Gasteiger partial charge in [0.2, 0.25) is 0 Å². The van der Waals surface area contributed by atoms with Crippen molar-refractivity contribution in [3.63, 3.8) is 0 Å². The minimum Gasteiger partial charge on any atom is -0.497 e. The summed E-state index contributed by atoms with van der Waals surface area (Å²) in [5, 5.41) is 2.95. The highest BCUT2D eigenvalue weighted by Gasteiger charge is 2.15. The predicted molar refractivity (Wildman–Crippen MR) is 75.5 cm³/mol. The van der Waals surface area contributed by atoms with E-state index in [1.807, 2.05) is 31.2 Å². The van der Waals surface area contributed by atoms with E-state index in [4.69, 9.17) is 4.74 Å². The van der Waals surface area contributed by atoms with Crippen LogP contribution in [-0.2, 0) is 0 Å². The van der Waals surface area contributed by atoms with Crippen LogP contribution in [-0.4, -0.2) is 23.0 Å². The highest BCUT2D eigenvalue weighted by atomic mass is 16.5. The van der Waals surface area contributed by atoms with Crippen molar-refractivity contribution in [3.05, 3.63) is 54.1 Å². The molecule has 2 aromatic rings.